The smallest absolute Gasteiger partial charge is 0.416 e. The number of ether oxygens (including phenoxy) is 2. The molecule has 1 saturated heterocycles. The number of nitrogens with zero attached hydrogens (tertiary/aromatic N) is 4. The summed E-state index contributed by atoms with van der Waals surface area (Å²) in [6.45, 7) is 8.38. The van der Waals surface area contributed by atoms with Crippen molar-refractivity contribution >= 4 is 29.0 Å². The number of alkyl halides is 3. The van der Waals surface area contributed by atoms with E-state index in [1.807, 2.05) is 29.2 Å². The summed E-state index contributed by atoms with van der Waals surface area (Å²) in [5, 5.41) is 11.5. The zero-order valence-corrected chi connectivity index (χ0v) is 22.4. The third kappa shape index (κ3) is 7.54. The zero-order chi connectivity index (χ0) is 27.8. The molecule has 1 aromatic heterocycles. The fourth-order valence-electron chi connectivity index (χ4n) is 4.02. The Labute approximate surface area is 229 Å². The van der Waals surface area contributed by atoms with E-state index in [4.69, 9.17) is 9.47 Å². The van der Waals surface area contributed by atoms with Crippen LogP contribution in [0, 0.1) is 0 Å². The summed E-state index contributed by atoms with van der Waals surface area (Å²) < 4.78 is 53.1. The number of benzene rings is 2. The number of allylic oxidation sites excluding steroid dienone is 1. The fourth-order valence-corrected chi connectivity index (χ4v) is 4.79. The van der Waals surface area contributed by atoms with Gasteiger partial charge in [-0.2, -0.15) is 13.2 Å². The van der Waals surface area contributed by atoms with Gasteiger partial charge in [0.2, 0.25) is 5.91 Å². The van der Waals surface area contributed by atoms with Crippen LogP contribution in [0.5, 0.6) is 5.75 Å². The Morgan fingerprint density at radius 3 is 2.59 bits per heavy atom. The van der Waals surface area contributed by atoms with Gasteiger partial charge in [0.15, 0.2) is 11.0 Å². The molecule has 39 heavy (non-hydrogen) atoms. The van der Waals surface area contributed by atoms with E-state index in [1.54, 1.807) is 10.6 Å². The Bertz CT molecular complexity index is 1270. The highest BCUT2D eigenvalue weighted by Crippen LogP contribution is 2.36. The van der Waals surface area contributed by atoms with Crippen LogP contribution in [-0.2, 0) is 35.3 Å². The molecule has 0 aliphatic carbocycles. The van der Waals surface area contributed by atoms with Gasteiger partial charge in [-0.15, -0.1) is 16.8 Å². The van der Waals surface area contributed by atoms with Gasteiger partial charge in [-0.3, -0.25) is 9.36 Å². The van der Waals surface area contributed by atoms with Crippen molar-refractivity contribution in [3.8, 4) is 5.75 Å². The first kappa shape index (κ1) is 28.5. The van der Waals surface area contributed by atoms with Crippen LogP contribution in [0.2, 0.25) is 0 Å². The van der Waals surface area contributed by atoms with E-state index < -0.39 is 17.6 Å². The minimum absolute atomic E-state index is 0.0760. The molecule has 208 valence electrons. The maximum absolute atomic E-state index is 13.4. The van der Waals surface area contributed by atoms with Gasteiger partial charge in [-0.05, 0) is 42.3 Å². The molecule has 0 atom stereocenters. The number of nitrogens with one attached hydrogen (secondary N) is 1. The summed E-state index contributed by atoms with van der Waals surface area (Å²) in [6.07, 6.45) is -1.91. The number of hydrogen-bond donors (Lipinski definition) is 1. The van der Waals surface area contributed by atoms with E-state index in [0.717, 1.165) is 30.3 Å². The summed E-state index contributed by atoms with van der Waals surface area (Å²) in [6, 6.07) is 11.2. The van der Waals surface area contributed by atoms with Gasteiger partial charge >= 0.3 is 6.18 Å². The molecular weight excluding hydrogens is 531 g/mol. The molecule has 1 aliphatic heterocycles. The lowest BCUT2D eigenvalue weighted by Gasteiger charge is -2.31. The van der Waals surface area contributed by atoms with Crippen molar-refractivity contribution in [1.29, 1.82) is 0 Å². The van der Waals surface area contributed by atoms with E-state index in [0.29, 0.717) is 55.3 Å². The quantitative estimate of drug-likeness (QED) is 0.255. The second-order valence-electron chi connectivity index (χ2n) is 8.75. The number of aromatic nitrogens is 3. The number of morpholine rings is 1. The van der Waals surface area contributed by atoms with Crippen LogP contribution in [-0.4, -0.2) is 52.7 Å². The van der Waals surface area contributed by atoms with Crippen LogP contribution in [0.4, 0.5) is 24.5 Å². The van der Waals surface area contributed by atoms with Crippen molar-refractivity contribution in [3.63, 3.8) is 0 Å². The first-order valence-corrected chi connectivity index (χ1v) is 13.5. The first-order chi connectivity index (χ1) is 18.8. The summed E-state index contributed by atoms with van der Waals surface area (Å²) >= 11 is 1.13. The lowest BCUT2D eigenvalue weighted by atomic mass is 10.1. The van der Waals surface area contributed by atoms with Crippen molar-refractivity contribution < 1.29 is 27.4 Å². The maximum atomic E-state index is 13.4. The number of carbonyl (C=O) groups excluding carboxylic acids is 1. The SMILES string of the molecule is C=CCn1c(COc2ccc(CC)cc2)nnc1SCC(=O)Nc1cc(C(F)(F)F)ccc1N1CCOCC1. The van der Waals surface area contributed by atoms with Gasteiger partial charge in [0.1, 0.15) is 12.4 Å². The molecule has 2 aromatic carbocycles. The Balaban J connectivity index is 1.43. The van der Waals surface area contributed by atoms with Crippen molar-refractivity contribution in [2.24, 2.45) is 0 Å². The molecule has 1 fully saturated rings. The van der Waals surface area contributed by atoms with Crippen molar-refractivity contribution in [3.05, 3.63) is 72.1 Å². The van der Waals surface area contributed by atoms with Crippen LogP contribution >= 0.6 is 11.8 Å². The van der Waals surface area contributed by atoms with Crippen LogP contribution in [0.25, 0.3) is 0 Å². The number of amides is 1. The normalized spacial score (nSPS) is 13.8. The van der Waals surface area contributed by atoms with Gasteiger partial charge in [0.05, 0.1) is 35.9 Å². The molecule has 0 saturated carbocycles. The minimum Gasteiger partial charge on any atom is -0.486 e. The molecule has 0 unspecified atom stereocenters. The molecule has 1 N–H and O–H groups in total. The van der Waals surface area contributed by atoms with Gasteiger partial charge in [0, 0.05) is 19.6 Å². The molecule has 0 bridgehead atoms. The molecule has 4 rings (SSSR count). The maximum Gasteiger partial charge on any atom is 0.416 e. The van der Waals surface area contributed by atoms with E-state index in [9.17, 15) is 18.0 Å². The number of hydrogen-bond acceptors (Lipinski definition) is 7. The average molecular weight is 562 g/mol. The van der Waals surface area contributed by atoms with Gasteiger partial charge in [0.25, 0.3) is 0 Å². The van der Waals surface area contributed by atoms with Gasteiger partial charge < -0.3 is 19.7 Å². The van der Waals surface area contributed by atoms with Crippen LogP contribution < -0.4 is 15.0 Å². The minimum atomic E-state index is -4.53. The standard InChI is InChI=1S/C27H30F3N5O3S/c1-3-11-35-24(17-38-21-8-5-19(4-2)6-9-21)32-33-26(35)39-18-25(36)31-22-16-20(27(28,29)30)7-10-23(22)34-12-14-37-15-13-34/h3,5-10,16H,1,4,11-15,17-18H2,2H3,(H,31,36). The van der Waals surface area contributed by atoms with E-state index in [1.165, 1.54) is 11.6 Å². The predicted octanol–water partition coefficient (Wildman–Crippen LogP) is 5.19. The highest BCUT2D eigenvalue weighted by molar-refractivity contribution is 7.99. The van der Waals surface area contributed by atoms with E-state index >= 15 is 0 Å². The molecule has 12 heteroatoms. The van der Waals surface area contributed by atoms with E-state index in [-0.39, 0.29) is 18.0 Å². The number of carbonyl (C=O) groups is 1. The summed E-state index contributed by atoms with van der Waals surface area (Å²) in [4.78, 5) is 14.8. The Morgan fingerprint density at radius 1 is 1.18 bits per heavy atom. The monoisotopic (exact) mass is 561 g/mol. The van der Waals surface area contributed by atoms with E-state index in [2.05, 4.69) is 29.0 Å². The van der Waals surface area contributed by atoms with Crippen molar-refractivity contribution in [2.75, 3.05) is 42.3 Å². The predicted molar refractivity (Wildman–Crippen MR) is 144 cm³/mol. The molecule has 1 amide bonds. The lowest BCUT2D eigenvalue weighted by Crippen LogP contribution is -2.37. The second kappa shape index (κ2) is 13.0. The lowest BCUT2D eigenvalue weighted by molar-refractivity contribution is -0.137. The number of thioether (sulfide) groups is 1. The van der Waals surface area contributed by atoms with Crippen LogP contribution in [0.1, 0.15) is 23.9 Å². The second-order valence-corrected chi connectivity index (χ2v) is 9.69. The number of aryl methyl sites for hydroxylation is 1. The third-order valence-electron chi connectivity index (χ3n) is 6.09. The summed E-state index contributed by atoms with van der Waals surface area (Å²) in [5.41, 5.74) is 0.998. The third-order valence-corrected chi connectivity index (χ3v) is 7.05. The van der Waals surface area contributed by atoms with Crippen molar-refractivity contribution in [1.82, 2.24) is 14.8 Å². The largest absolute Gasteiger partial charge is 0.486 e. The Hall–Kier alpha value is -3.51. The van der Waals surface area contributed by atoms with Crippen molar-refractivity contribution in [2.45, 2.75) is 37.8 Å². The Kier molecular flexibility index (Phi) is 9.52. The van der Waals surface area contributed by atoms with Gasteiger partial charge in [-0.25, -0.2) is 0 Å². The molecule has 8 nitrogen and oxygen atoms in total. The topological polar surface area (TPSA) is 81.5 Å². The molecule has 1 aliphatic rings. The van der Waals surface area contributed by atoms with Gasteiger partial charge in [-0.1, -0.05) is 36.9 Å². The highest BCUT2D eigenvalue weighted by Gasteiger charge is 2.32. The van der Waals surface area contributed by atoms with Crippen LogP contribution in [0.3, 0.4) is 0 Å². The van der Waals surface area contributed by atoms with Crippen LogP contribution in [0.15, 0.2) is 60.3 Å². The first-order valence-electron chi connectivity index (χ1n) is 12.5. The Morgan fingerprint density at radius 2 is 1.92 bits per heavy atom. The highest BCUT2D eigenvalue weighted by atomic mass is 32.2. The molecule has 0 spiro atoms. The molecular formula is C27H30F3N5O3S. The average Bonchev–Trinajstić information content (AvgIpc) is 3.32. The summed E-state index contributed by atoms with van der Waals surface area (Å²) in [5.74, 6) is 0.722. The molecule has 3 aromatic rings. The molecule has 2 heterocycles. The molecule has 0 radical (unpaired) electrons. The fraction of sp³-hybridized carbons (Fsp3) is 0.370. The number of anilines is 2. The number of halogens is 3. The summed E-state index contributed by atoms with van der Waals surface area (Å²) in [7, 11) is 0. The zero-order valence-electron chi connectivity index (χ0n) is 21.5. The number of rotatable bonds is 11.